The first-order valence-corrected chi connectivity index (χ1v) is 11.1. The number of hydrogen-bond donors (Lipinski definition) is 3. The van der Waals surface area contributed by atoms with E-state index >= 15 is 0 Å². The molecule has 1 aliphatic rings. The van der Waals surface area contributed by atoms with E-state index in [2.05, 4.69) is 35.6 Å². The van der Waals surface area contributed by atoms with E-state index in [0.29, 0.717) is 39.9 Å². The lowest BCUT2D eigenvalue weighted by molar-refractivity contribution is -0.141. The number of carbonyl (C=O) groups excluding carboxylic acids is 1. The number of alkyl halides is 5. The molecular formula is C23H19F5N8O. The van der Waals surface area contributed by atoms with Crippen molar-refractivity contribution in [1.82, 2.24) is 29.8 Å². The van der Waals surface area contributed by atoms with Gasteiger partial charge in [0, 0.05) is 43.8 Å². The van der Waals surface area contributed by atoms with Crippen LogP contribution in [0.15, 0.2) is 48.9 Å². The topological polar surface area (TPSA) is 112 Å². The zero-order valence-corrected chi connectivity index (χ0v) is 19.0. The number of carbonyl (C=O) groups is 1. The SMILES string of the molecule is O=C(c1ccnc(Nc2nc3cc(Nc4ccc(C(F)(F)F)nc4)ncc3[nH]2)c1)N1CCC(F)(F)CC1. The second-order valence-electron chi connectivity index (χ2n) is 8.43. The highest BCUT2D eigenvalue weighted by molar-refractivity contribution is 5.95. The third kappa shape index (κ3) is 5.57. The van der Waals surface area contributed by atoms with Crippen LogP contribution in [0.3, 0.4) is 0 Å². The van der Waals surface area contributed by atoms with Gasteiger partial charge in [-0.05, 0) is 24.3 Å². The first kappa shape index (κ1) is 24.3. The molecule has 1 saturated heterocycles. The molecule has 1 aliphatic heterocycles. The maximum atomic E-state index is 13.4. The fourth-order valence-electron chi connectivity index (χ4n) is 3.79. The Bertz CT molecular complexity index is 1430. The van der Waals surface area contributed by atoms with Crippen molar-refractivity contribution < 1.29 is 26.7 Å². The number of hydrogen-bond acceptors (Lipinski definition) is 7. The third-order valence-corrected chi connectivity index (χ3v) is 5.73. The van der Waals surface area contributed by atoms with Gasteiger partial charge < -0.3 is 20.5 Å². The minimum absolute atomic E-state index is 0.0214. The number of fused-ring (bicyclic) bond motifs is 1. The minimum Gasteiger partial charge on any atom is -0.339 e. The van der Waals surface area contributed by atoms with E-state index in [4.69, 9.17) is 0 Å². The number of halogens is 5. The van der Waals surface area contributed by atoms with Crippen LogP contribution in [0.5, 0.6) is 0 Å². The Labute approximate surface area is 206 Å². The summed E-state index contributed by atoms with van der Waals surface area (Å²) in [7, 11) is 0. The Hall–Kier alpha value is -4.36. The number of amides is 1. The van der Waals surface area contributed by atoms with E-state index in [1.807, 2.05) is 0 Å². The molecule has 37 heavy (non-hydrogen) atoms. The standard InChI is InChI=1S/C23H19F5N8O/c24-22(25)4-7-36(8-5-22)20(37)13-3-6-29-18(9-13)35-21-33-15-10-19(31-12-16(15)34-21)32-14-1-2-17(30-11-14)23(26,27)28/h1-3,6,9-12H,4-5,7-8H2,(H,31,32)(H2,29,33,34,35). The Kier molecular flexibility index (Phi) is 6.09. The molecule has 0 aromatic carbocycles. The maximum Gasteiger partial charge on any atom is 0.433 e. The zero-order valence-electron chi connectivity index (χ0n) is 19.0. The van der Waals surface area contributed by atoms with Crippen molar-refractivity contribution in [3.63, 3.8) is 0 Å². The fraction of sp³-hybridized carbons (Fsp3) is 0.261. The van der Waals surface area contributed by atoms with Crippen LogP contribution < -0.4 is 10.6 Å². The molecule has 3 N–H and O–H groups in total. The summed E-state index contributed by atoms with van der Waals surface area (Å²) >= 11 is 0. The van der Waals surface area contributed by atoms with Crippen molar-refractivity contribution in [2.75, 3.05) is 23.7 Å². The van der Waals surface area contributed by atoms with E-state index in [1.54, 1.807) is 6.07 Å². The molecule has 0 saturated carbocycles. The first-order valence-electron chi connectivity index (χ1n) is 11.1. The molecule has 0 radical (unpaired) electrons. The van der Waals surface area contributed by atoms with Crippen molar-refractivity contribution in [2.24, 2.45) is 0 Å². The van der Waals surface area contributed by atoms with Crippen molar-refractivity contribution >= 4 is 40.2 Å². The monoisotopic (exact) mass is 518 g/mol. The Morgan fingerprint density at radius 2 is 1.73 bits per heavy atom. The summed E-state index contributed by atoms with van der Waals surface area (Å²) in [4.78, 5) is 33.3. The van der Waals surface area contributed by atoms with E-state index in [1.165, 1.54) is 35.5 Å². The maximum absolute atomic E-state index is 13.4. The van der Waals surface area contributed by atoms with Gasteiger partial charge in [-0.25, -0.2) is 28.7 Å². The molecule has 1 amide bonds. The molecule has 1 fully saturated rings. The molecule has 0 aliphatic carbocycles. The molecule has 5 heterocycles. The van der Waals surface area contributed by atoms with Crippen LogP contribution >= 0.6 is 0 Å². The molecule has 9 nitrogen and oxygen atoms in total. The average molecular weight is 518 g/mol. The highest BCUT2D eigenvalue weighted by Crippen LogP contribution is 2.30. The van der Waals surface area contributed by atoms with Gasteiger partial charge in [0.2, 0.25) is 5.95 Å². The molecule has 5 rings (SSSR count). The molecule has 0 atom stereocenters. The van der Waals surface area contributed by atoms with Crippen LogP contribution in [-0.4, -0.2) is 54.7 Å². The number of likely N-dealkylation sites (tertiary alicyclic amines) is 1. The summed E-state index contributed by atoms with van der Waals surface area (Å²) < 4.78 is 64.9. The van der Waals surface area contributed by atoms with Crippen LogP contribution in [0.4, 0.5) is 45.2 Å². The average Bonchev–Trinajstić information content (AvgIpc) is 3.25. The summed E-state index contributed by atoms with van der Waals surface area (Å²) in [6.07, 6.45) is -1.28. The Morgan fingerprint density at radius 1 is 0.973 bits per heavy atom. The van der Waals surface area contributed by atoms with E-state index in [0.717, 1.165) is 12.3 Å². The van der Waals surface area contributed by atoms with Crippen LogP contribution in [0, 0.1) is 0 Å². The number of pyridine rings is 3. The van der Waals surface area contributed by atoms with Gasteiger partial charge in [-0.2, -0.15) is 13.2 Å². The highest BCUT2D eigenvalue weighted by Gasteiger charge is 2.36. The Morgan fingerprint density at radius 3 is 2.43 bits per heavy atom. The highest BCUT2D eigenvalue weighted by atomic mass is 19.4. The van der Waals surface area contributed by atoms with Crippen LogP contribution in [0.25, 0.3) is 11.0 Å². The van der Waals surface area contributed by atoms with Gasteiger partial charge in [-0.3, -0.25) is 4.79 Å². The predicted molar refractivity (Wildman–Crippen MR) is 124 cm³/mol. The van der Waals surface area contributed by atoms with Gasteiger partial charge in [0.25, 0.3) is 11.8 Å². The number of nitrogens with zero attached hydrogens (tertiary/aromatic N) is 5. The number of piperidine rings is 1. The van der Waals surface area contributed by atoms with Crippen molar-refractivity contribution in [3.05, 3.63) is 60.2 Å². The summed E-state index contributed by atoms with van der Waals surface area (Å²) in [5, 5.41) is 5.83. The smallest absolute Gasteiger partial charge is 0.339 e. The van der Waals surface area contributed by atoms with Gasteiger partial charge in [-0.15, -0.1) is 0 Å². The number of H-pyrrole nitrogens is 1. The van der Waals surface area contributed by atoms with Gasteiger partial charge >= 0.3 is 6.18 Å². The summed E-state index contributed by atoms with van der Waals surface area (Å²) in [6.45, 7) is -0.0429. The number of imidazole rings is 1. The summed E-state index contributed by atoms with van der Waals surface area (Å²) in [6, 6.07) is 6.72. The third-order valence-electron chi connectivity index (χ3n) is 5.73. The van der Waals surface area contributed by atoms with Crippen molar-refractivity contribution in [1.29, 1.82) is 0 Å². The number of aromatic amines is 1. The molecule has 4 aromatic heterocycles. The normalized spacial score (nSPS) is 15.5. The molecule has 0 bridgehead atoms. The molecule has 4 aromatic rings. The van der Waals surface area contributed by atoms with Crippen LogP contribution in [-0.2, 0) is 6.18 Å². The quantitative estimate of drug-likeness (QED) is 0.314. The molecule has 0 unspecified atom stereocenters. The predicted octanol–water partition coefficient (Wildman–Crippen LogP) is 5.13. The van der Waals surface area contributed by atoms with E-state index < -0.39 is 17.8 Å². The van der Waals surface area contributed by atoms with Crippen LogP contribution in [0.2, 0.25) is 0 Å². The lowest BCUT2D eigenvalue weighted by Gasteiger charge is -2.31. The minimum atomic E-state index is -4.53. The molecule has 0 spiro atoms. The number of anilines is 4. The number of nitrogens with one attached hydrogen (secondary N) is 3. The second-order valence-corrected chi connectivity index (χ2v) is 8.43. The lowest BCUT2D eigenvalue weighted by atomic mass is 10.1. The van der Waals surface area contributed by atoms with Gasteiger partial charge in [0.1, 0.15) is 17.3 Å². The van der Waals surface area contributed by atoms with E-state index in [-0.39, 0.29) is 31.8 Å². The van der Waals surface area contributed by atoms with Crippen molar-refractivity contribution in [3.8, 4) is 0 Å². The fourth-order valence-corrected chi connectivity index (χ4v) is 3.79. The van der Waals surface area contributed by atoms with Crippen molar-refractivity contribution in [2.45, 2.75) is 24.9 Å². The molecule has 14 heteroatoms. The first-order chi connectivity index (χ1) is 17.6. The van der Waals surface area contributed by atoms with E-state index in [9.17, 15) is 26.7 Å². The summed E-state index contributed by atoms with van der Waals surface area (Å²) in [5.41, 5.74) is 0.691. The Balaban J connectivity index is 1.27. The largest absolute Gasteiger partial charge is 0.433 e. The lowest BCUT2D eigenvalue weighted by Crippen LogP contribution is -2.42. The molecule has 192 valence electrons. The molecular weight excluding hydrogens is 499 g/mol. The number of aromatic nitrogens is 5. The van der Waals surface area contributed by atoms with Gasteiger partial charge in [0.15, 0.2) is 0 Å². The van der Waals surface area contributed by atoms with Gasteiger partial charge in [0.05, 0.1) is 29.1 Å². The second kappa shape index (κ2) is 9.26. The van der Waals surface area contributed by atoms with Gasteiger partial charge in [-0.1, -0.05) is 0 Å². The van der Waals surface area contributed by atoms with Crippen LogP contribution in [0.1, 0.15) is 28.9 Å². The number of rotatable bonds is 5. The zero-order chi connectivity index (χ0) is 26.2. The summed E-state index contributed by atoms with van der Waals surface area (Å²) in [5.74, 6) is -2.15.